The van der Waals surface area contributed by atoms with Crippen LogP contribution in [0.5, 0.6) is 0 Å². The number of rotatable bonds is 9. The van der Waals surface area contributed by atoms with Gasteiger partial charge in [0.25, 0.3) is 11.8 Å². The molecule has 0 radical (unpaired) electrons. The Morgan fingerprint density at radius 2 is 1.49 bits per heavy atom. The number of amides is 3. The van der Waals surface area contributed by atoms with Crippen molar-refractivity contribution < 1.29 is 28.7 Å². The minimum absolute atomic E-state index is 0.111. The second kappa shape index (κ2) is 13.2. The Balaban J connectivity index is 1.50. The van der Waals surface area contributed by atoms with Crippen molar-refractivity contribution in [3.05, 3.63) is 107 Å². The number of hydrogen-bond acceptors (Lipinski definition) is 4. The van der Waals surface area contributed by atoms with E-state index in [1.54, 1.807) is 12.1 Å². The maximum Gasteiger partial charge on any atom is 0.305 e. The van der Waals surface area contributed by atoms with E-state index in [0.29, 0.717) is 11.1 Å². The minimum Gasteiger partial charge on any atom is -0.481 e. The first-order chi connectivity index (χ1) is 20.7. The molecule has 3 atom stereocenters. The molecule has 3 aromatic rings. The Bertz CT molecular complexity index is 1460. The van der Waals surface area contributed by atoms with Crippen LogP contribution in [0.4, 0.5) is 4.39 Å². The van der Waals surface area contributed by atoms with Crippen LogP contribution in [0.2, 0.25) is 0 Å². The van der Waals surface area contributed by atoms with Crippen LogP contribution < -0.4 is 5.32 Å². The highest BCUT2D eigenvalue weighted by Gasteiger charge is 2.46. The lowest BCUT2D eigenvalue weighted by Crippen LogP contribution is -2.55. The van der Waals surface area contributed by atoms with Crippen molar-refractivity contribution in [2.24, 2.45) is 5.92 Å². The van der Waals surface area contributed by atoms with Gasteiger partial charge in [0.1, 0.15) is 5.82 Å². The summed E-state index contributed by atoms with van der Waals surface area (Å²) in [6.45, 7) is 2.21. The van der Waals surface area contributed by atoms with Gasteiger partial charge in [0.15, 0.2) is 6.17 Å². The van der Waals surface area contributed by atoms with E-state index in [0.717, 1.165) is 36.8 Å². The summed E-state index contributed by atoms with van der Waals surface area (Å²) in [5, 5.41) is 12.4. The van der Waals surface area contributed by atoms with E-state index in [-0.39, 0.29) is 24.9 Å². The van der Waals surface area contributed by atoms with E-state index in [2.05, 4.69) is 5.32 Å². The van der Waals surface area contributed by atoms with E-state index < -0.39 is 48.1 Å². The summed E-state index contributed by atoms with van der Waals surface area (Å²) in [4.78, 5) is 56.9. The Hall–Kier alpha value is -4.53. The summed E-state index contributed by atoms with van der Waals surface area (Å²) < 4.78 is 13.6. The highest BCUT2D eigenvalue weighted by atomic mass is 19.1. The van der Waals surface area contributed by atoms with Gasteiger partial charge in [-0.3, -0.25) is 19.2 Å². The van der Waals surface area contributed by atoms with Crippen LogP contribution in [-0.4, -0.2) is 57.9 Å². The van der Waals surface area contributed by atoms with E-state index in [9.17, 15) is 28.7 Å². The molecule has 1 aliphatic heterocycles. The molecular formula is C34H36FN3O5. The minimum atomic E-state index is -1.29. The fraction of sp³-hybridized carbons (Fsp3) is 0.353. The zero-order valence-corrected chi connectivity index (χ0v) is 24.1. The number of carboxylic acids is 1. The largest absolute Gasteiger partial charge is 0.481 e. The number of benzene rings is 3. The molecule has 1 aliphatic carbocycles. The Morgan fingerprint density at radius 1 is 0.860 bits per heavy atom. The summed E-state index contributed by atoms with van der Waals surface area (Å²) in [7, 11) is 0. The normalized spacial score (nSPS) is 18.3. The van der Waals surface area contributed by atoms with Gasteiger partial charge >= 0.3 is 5.97 Å². The number of aryl methyl sites for hydroxylation is 1. The van der Waals surface area contributed by atoms with Crippen molar-refractivity contribution in [1.29, 1.82) is 0 Å². The van der Waals surface area contributed by atoms with Crippen molar-refractivity contribution in [1.82, 2.24) is 15.1 Å². The predicted molar refractivity (Wildman–Crippen MR) is 158 cm³/mol. The Morgan fingerprint density at radius 3 is 2.12 bits per heavy atom. The number of nitrogens with zero attached hydrogens (tertiary/aromatic N) is 2. The molecular weight excluding hydrogens is 549 g/mol. The number of carbonyl (C=O) groups excluding carboxylic acids is 3. The first-order valence-electron chi connectivity index (χ1n) is 14.7. The zero-order valence-electron chi connectivity index (χ0n) is 24.1. The predicted octanol–water partition coefficient (Wildman–Crippen LogP) is 5.05. The summed E-state index contributed by atoms with van der Waals surface area (Å²) >= 11 is 0. The molecule has 9 heteroatoms. The van der Waals surface area contributed by atoms with Crippen LogP contribution in [0, 0.1) is 18.7 Å². The van der Waals surface area contributed by atoms with E-state index in [1.807, 2.05) is 49.4 Å². The first-order valence-corrected chi connectivity index (χ1v) is 14.7. The van der Waals surface area contributed by atoms with Crippen LogP contribution in [0.15, 0.2) is 78.9 Å². The molecule has 2 fully saturated rings. The number of aliphatic carboxylic acids is 1. The summed E-state index contributed by atoms with van der Waals surface area (Å²) in [5.74, 6) is -3.31. The van der Waals surface area contributed by atoms with Crippen LogP contribution in [0.3, 0.4) is 0 Å². The van der Waals surface area contributed by atoms with Gasteiger partial charge in [0, 0.05) is 18.7 Å². The molecule has 1 saturated heterocycles. The van der Waals surface area contributed by atoms with Gasteiger partial charge in [-0.1, -0.05) is 73.0 Å². The second-order valence-corrected chi connectivity index (χ2v) is 11.4. The van der Waals surface area contributed by atoms with Gasteiger partial charge in [-0.2, -0.15) is 0 Å². The summed E-state index contributed by atoms with van der Waals surface area (Å²) in [6.07, 6.45) is 2.10. The maximum absolute atomic E-state index is 14.4. The van der Waals surface area contributed by atoms with Gasteiger partial charge in [-0.25, -0.2) is 4.39 Å². The highest BCUT2D eigenvalue weighted by Crippen LogP contribution is 2.39. The average Bonchev–Trinajstić information content (AvgIpc) is 3.69. The molecule has 3 aromatic carbocycles. The smallest absolute Gasteiger partial charge is 0.305 e. The third-order valence-corrected chi connectivity index (χ3v) is 8.51. The molecule has 0 spiro atoms. The van der Waals surface area contributed by atoms with Crippen LogP contribution >= 0.6 is 0 Å². The number of nitrogens with one attached hydrogen (secondary N) is 1. The molecule has 2 aliphatic rings. The molecule has 224 valence electrons. The number of halogens is 1. The van der Waals surface area contributed by atoms with Crippen molar-refractivity contribution >= 4 is 23.7 Å². The highest BCUT2D eigenvalue weighted by molar-refractivity contribution is 6.00. The quantitative estimate of drug-likeness (QED) is 0.366. The van der Waals surface area contributed by atoms with Gasteiger partial charge in [0.2, 0.25) is 5.91 Å². The number of hydrogen-bond donors (Lipinski definition) is 2. The van der Waals surface area contributed by atoms with Gasteiger partial charge in [-0.15, -0.1) is 0 Å². The molecule has 3 amide bonds. The van der Waals surface area contributed by atoms with Gasteiger partial charge in [0.05, 0.1) is 18.4 Å². The first kappa shape index (κ1) is 29.9. The molecule has 3 unspecified atom stereocenters. The summed E-state index contributed by atoms with van der Waals surface area (Å²) in [6, 6.07) is 20.8. The molecule has 5 rings (SSSR count). The van der Waals surface area contributed by atoms with Gasteiger partial charge < -0.3 is 20.2 Å². The lowest BCUT2D eigenvalue weighted by atomic mass is 9.83. The average molecular weight is 586 g/mol. The van der Waals surface area contributed by atoms with Crippen molar-refractivity contribution in [3.8, 4) is 0 Å². The van der Waals surface area contributed by atoms with E-state index in [1.165, 1.54) is 34.1 Å². The van der Waals surface area contributed by atoms with Crippen LogP contribution in [-0.2, 0) is 14.4 Å². The van der Waals surface area contributed by atoms with Gasteiger partial charge in [-0.05, 0) is 61.1 Å². The molecule has 1 saturated carbocycles. The fourth-order valence-electron chi connectivity index (χ4n) is 6.33. The molecule has 0 aromatic heterocycles. The topological polar surface area (TPSA) is 107 Å². The molecule has 8 nitrogen and oxygen atoms in total. The molecule has 0 bridgehead atoms. The fourth-order valence-corrected chi connectivity index (χ4v) is 6.33. The Labute approximate surface area is 250 Å². The summed E-state index contributed by atoms with van der Waals surface area (Å²) in [5.41, 5.74) is 2.63. The third kappa shape index (κ3) is 6.77. The molecule has 2 N–H and O–H groups in total. The molecule has 43 heavy (non-hydrogen) atoms. The third-order valence-electron chi connectivity index (χ3n) is 8.51. The monoisotopic (exact) mass is 585 g/mol. The lowest BCUT2D eigenvalue weighted by molar-refractivity contribution is -0.144. The van der Waals surface area contributed by atoms with Crippen molar-refractivity contribution in [3.63, 3.8) is 0 Å². The standard InChI is InChI=1S/C34H36FN3O5/c1-22-11-13-26(14-12-22)33(42)37-19-20-38(34(43)30(25-9-5-6-10-25)24-7-3-2-4-8-24)32(37)31(41)36-28(21-29(39)40)23-15-17-27(35)18-16-23/h2-4,7-8,11-18,25,28,30,32H,5-6,9-10,19-21H2,1H3,(H,36,41)(H,39,40). The SMILES string of the molecule is Cc1ccc(C(=O)N2CCN(C(=O)C(c3ccccc3)C3CCCC3)C2C(=O)NC(CC(=O)O)c2ccc(F)cc2)cc1. The van der Waals surface area contributed by atoms with E-state index in [4.69, 9.17) is 0 Å². The lowest BCUT2D eigenvalue weighted by Gasteiger charge is -2.34. The maximum atomic E-state index is 14.4. The zero-order chi connectivity index (χ0) is 30.5. The number of carbonyl (C=O) groups is 4. The van der Waals surface area contributed by atoms with Crippen molar-refractivity contribution in [2.45, 2.75) is 57.2 Å². The molecule has 1 heterocycles. The van der Waals surface area contributed by atoms with E-state index >= 15 is 0 Å². The van der Waals surface area contributed by atoms with Crippen LogP contribution in [0.25, 0.3) is 0 Å². The van der Waals surface area contributed by atoms with Crippen molar-refractivity contribution in [2.75, 3.05) is 13.1 Å². The number of carboxylic acid groups (broad SMARTS) is 1. The Kier molecular flexibility index (Phi) is 9.19. The second-order valence-electron chi connectivity index (χ2n) is 11.4. The van der Waals surface area contributed by atoms with Crippen LogP contribution in [0.1, 0.15) is 71.1 Å².